The summed E-state index contributed by atoms with van der Waals surface area (Å²) in [4.78, 5) is 11.2. The van der Waals surface area contributed by atoms with Gasteiger partial charge >= 0.3 is 5.97 Å². The van der Waals surface area contributed by atoms with Crippen molar-refractivity contribution in [3.8, 4) is 5.82 Å². The molecule has 2 aromatic heterocycles. The van der Waals surface area contributed by atoms with E-state index in [9.17, 15) is 9.90 Å². The van der Waals surface area contributed by atoms with Crippen molar-refractivity contribution in [1.82, 2.24) is 20.0 Å². The molecule has 0 aromatic carbocycles. The van der Waals surface area contributed by atoms with Gasteiger partial charge in [0, 0.05) is 6.20 Å². The Bertz CT molecular complexity index is 606. The second-order valence-corrected chi connectivity index (χ2v) is 5.34. The fourth-order valence-electron chi connectivity index (χ4n) is 1.94. The van der Waals surface area contributed by atoms with Crippen LogP contribution in [0.25, 0.3) is 5.82 Å². The molecule has 2 aromatic rings. The van der Waals surface area contributed by atoms with Crippen LogP contribution in [-0.2, 0) is 4.79 Å². The zero-order valence-corrected chi connectivity index (χ0v) is 12.3. The van der Waals surface area contributed by atoms with Crippen molar-refractivity contribution >= 4 is 11.8 Å². The molecule has 21 heavy (non-hydrogen) atoms. The highest BCUT2D eigenvalue weighted by Crippen LogP contribution is 2.12. The average molecular weight is 289 g/mol. The molecule has 0 fully saturated rings. The van der Waals surface area contributed by atoms with E-state index in [0.717, 1.165) is 5.69 Å². The third-order valence-electron chi connectivity index (χ3n) is 2.93. The zero-order valence-electron chi connectivity index (χ0n) is 12.3. The number of hydrogen-bond donors (Lipinski definition) is 2. The molecule has 0 radical (unpaired) electrons. The molecule has 2 rings (SSSR count). The molecule has 112 valence electrons. The molecule has 1 atom stereocenters. The van der Waals surface area contributed by atoms with Crippen LogP contribution in [-0.4, -0.2) is 37.1 Å². The molecule has 2 N–H and O–H groups in total. The van der Waals surface area contributed by atoms with Crippen LogP contribution in [0.5, 0.6) is 0 Å². The summed E-state index contributed by atoms with van der Waals surface area (Å²) in [6, 6.07) is 4.65. The minimum Gasteiger partial charge on any atom is -0.480 e. The summed E-state index contributed by atoms with van der Waals surface area (Å²) < 4.78 is 1.62. The highest BCUT2D eigenvalue weighted by molar-refractivity contribution is 5.76. The van der Waals surface area contributed by atoms with Gasteiger partial charge in [-0.3, -0.25) is 0 Å². The number of anilines is 1. The topological polar surface area (TPSA) is 92.9 Å². The van der Waals surface area contributed by atoms with Gasteiger partial charge in [-0.25, -0.2) is 9.48 Å². The van der Waals surface area contributed by atoms with Crippen molar-refractivity contribution in [2.75, 3.05) is 5.32 Å². The van der Waals surface area contributed by atoms with E-state index in [4.69, 9.17) is 0 Å². The van der Waals surface area contributed by atoms with Gasteiger partial charge in [0.2, 0.25) is 0 Å². The van der Waals surface area contributed by atoms with Gasteiger partial charge in [0.05, 0.1) is 5.69 Å². The zero-order chi connectivity index (χ0) is 15.4. The van der Waals surface area contributed by atoms with Crippen LogP contribution in [0.2, 0.25) is 0 Å². The monoisotopic (exact) mass is 289 g/mol. The first-order valence-corrected chi connectivity index (χ1v) is 6.81. The smallest absolute Gasteiger partial charge is 0.326 e. The normalized spacial score (nSPS) is 12.4. The van der Waals surface area contributed by atoms with Crippen molar-refractivity contribution in [2.45, 2.75) is 33.2 Å². The minimum absolute atomic E-state index is 0.276. The fourth-order valence-corrected chi connectivity index (χ4v) is 1.94. The molecule has 2 heterocycles. The Morgan fingerprint density at radius 3 is 2.57 bits per heavy atom. The summed E-state index contributed by atoms with van der Waals surface area (Å²) >= 11 is 0. The van der Waals surface area contributed by atoms with E-state index in [1.807, 2.05) is 26.8 Å². The number of carbonyl (C=O) groups is 1. The van der Waals surface area contributed by atoms with Crippen LogP contribution in [0, 0.1) is 12.8 Å². The maximum Gasteiger partial charge on any atom is 0.326 e. The number of aryl methyl sites for hydroxylation is 1. The standard InChI is InChI=1S/C14H19N5O2/c1-9(2)8-11(14(20)21)15-12-4-5-13(17-16-12)19-7-6-10(3)18-19/h4-7,9,11H,8H2,1-3H3,(H,15,16)(H,20,21)/t11-/m1/s1. The second kappa shape index (κ2) is 6.34. The van der Waals surface area contributed by atoms with Crippen LogP contribution in [0.1, 0.15) is 26.0 Å². The van der Waals surface area contributed by atoms with Crippen LogP contribution in [0.15, 0.2) is 24.4 Å². The maximum atomic E-state index is 11.2. The molecule has 0 aliphatic rings. The first-order valence-electron chi connectivity index (χ1n) is 6.81. The Hall–Kier alpha value is -2.44. The number of rotatable bonds is 6. The Labute approximate surface area is 123 Å². The molecule has 0 unspecified atom stereocenters. The van der Waals surface area contributed by atoms with Gasteiger partial charge in [0.15, 0.2) is 5.82 Å². The number of nitrogens with one attached hydrogen (secondary N) is 1. The van der Waals surface area contributed by atoms with Gasteiger partial charge in [0.25, 0.3) is 0 Å². The number of hydrogen-bond acceptors (Lipinski definition) is 5. The van der Waals surface area contributed by atoms with Crippen molar-refractivity contribution in [1.29, 1.82) is 0 Å². The van der Waals surface area contributed by atoms with E-state index in [-0.39, 0.29) is 5.92 Å². The lowest BCUT2D eigenvalue weighted by atomic mass is 10.0. The van der Waals surface area contributed by atoms with Gasteiger partial charge in [-0.2, -0.15) is 5.10 Å². The Balaban J connectivity index is 2.09. The van der Waals surface area contributed by atoms with Crippen LogP contribution in [0.4, 0.5) is 5.82 Å². The van der Waals surface area contributed by atoms with Gasteiger partial charge in [-0.15, -0.1) is 10.2 Å². The predicted octanol–water partition coefficient (Wildman–Crippen LogP) is 1.88. The number of carboxylic acid groups (broad SMARTS) is 1. The van der Waals surface area contributed by atoms with E-state index in [1.54, 1.807) is 23.0 Å². The van der Waals surface area contributed by atoms with Gasteiger partial charge in [0.1, 0.15) is 11.9 Å². The van der Waals surface area contributed by atoms with Crippen LogP contribution < -0.4 is 5.32 Å². The molecular weight excluding hydrogens is 270 g/mol. The summed E-state index contributed by atoms with van der Waals surface area (Å²) in [7, 11) is 0. The van der Waals surface area contributed by atoms with Crippen LogP contribution in [0.3, 0.4) is 0 Å². The molecule has 0 bridgehead atoms. The second-order valence-electron chi connectivity index (χ2n) is 5.34. The Morgan fingerprint density at radius 2 is 2.10 bits per heavy atom. The number of aliphatic carboxylic acids is 1. The van der Waals surface area contributed by atoms with Gasteiger partial charge in [-0.1, -0.05) is 13.8 Å². The molecule has 7 nitrogen and oxygen atoms in total. The summed E-state index contributed by atoms with van der Waals surface area (Å²) in [5.41, 5.74) is 0.891. The lowest BCUT2D eigenvalue weighted by Gasteiger charge is -2.16. The van der Waals surface area contributed by atoms with Gasteiger partial charge < -0.3 is 10.4 Å². The van der Waals surface area contributed by atoms with Crippen molar-refractivity contribution < 1.29 is 9.90 Å². The summed E-state index contributed by atoms with van der Waals surface area (Å²) in [6.07, 6.45) is 2.32. The average Bonchev–Trinajstić information content (AvgIpc) is 2.85. The molecule has 0 amide bonds. The van der Waals surface area contributed by atoms with E-state index in [2.05, 4.69) is 20.6 Å². The van der Waals surface area contributed by atoms with Crippen molar-refractivity contribution in [3.05, 3.63) is 30.1 Å². The molecule has 7 heteroatoms. The summed E-state index contributed by atoms with van der Waals surface area (Å²) in [6.45, 7) is 5.85. The van der Waals surface area contributed by atoms with Gasteiger partial charge in [-0.05, 0) is 37.5 Å². The quantitative estimate of drug-likeness (QED) is 0.843. The first kappa shape index (κ1) is 15.0. The Kier molecular flexibility index (Phi) is 4.52. The molecule has 0 aliphatic carbocycles. The highest BCUT2D eigenvalue weighted by atomic mass is 16.4. The first-order chi connectivity index (χ1) is 9.95. The maximum absolute atomic E-state index is 11.2. The van der Waals surface area contributed by atoms with E-state index in [0.29, 0.717) is 18.1 Å². The third kappa shape index (κ3) is 4.01. The highest BCUT2D eigenvalue weighted by Gasteiger charge is 2.19. The van der Waals surface area contributed by atoms with E-state index in [1.165, 1.54) is 0 Å². The van der Waals surface area contributed by atoms with Crippen molar-refractivity contribution in [2.24, 2.45) is 5.92 Å². The lowest BCUT2D eigenvalue weighted by molar-refractivity contribution is -0.138. The lowest BCUT2D eigenvalue weighted by Crippen LogP contribution is -2.31. The van der Waals surface area contributed by atoms with E-state index >= 15 is 0 Å². The Morgan fingerprint density at radius 1 is 1.33 bits per heavy atom. The van der Waals surface area contributed by atoms with Crippen molar-refractivity contribution in [3.63, 3.8) is 0 Å². The molecule has 0 aliphatic heterocycles. The SMILES string of the molecule is Cc1ccn(-c2ccc(N[C@H](CC(C)C)C(=O)O)nn2)n1. The molecule has 0 saturated carbocycles. The van der Waals surface area contributed by atoms with Crippen LogP contribution >= 0.6 is 0 Å². The third-order valence-corrected chi connectivity index (χ3v) is 2.93. The molecule has 0 saturated heterocycles. The largest absolute Gasteiger partial charge is 0.480 e. The summed E-state index contributed by atoms with van der Waals surface area (Å²) in [5, 5.41) is 24.4. The molecule has 0 spiro atoms. The molecular formula is C14H19N5O2. The predicted molar refractivity (Wildman–Crippen MR) is 78.4 cm³/mol. The number of aromatic nitrogens is 4. The fraction of sp³-hybridized carbons (Fsp3) is 0.429. The number of carboxylic acids is 1. The van der Waals surface area contributed by atoms with E-state index < -0.39 is 12.0 Å². The minimum atomic E-state index is -0.891. The summed E-state index contributed by atoms with van der Waals surface area (Å²) in [5.74, 6) is 0.412. The number of nitrogens with zero attached hydrogens (tertiary/aromatic N) is 4.